The second-order valence-electron chi connectivity index (χ2n) is 6.20. The molecule has 2 heteroatoms. The number of hydrogen-bond donors (Lipinski definition) is 2. The summed E-state index contributed by atoms with van der Waals surface area (Å²) in [7, 11) is 0. The van der Waals surface area contributed by atoms with E-state index in [4.69, 9.17) is 0 Å². The highest BCUT2D eigenvalue weighted by atomic mass is 14.9. The Labute approximate surface area is 144 Å². The van der Waals surface area contributed by atoms with Crippen molar-refractivity contribution in [3.63, 3.8) is 0 Å². The topological polar surface area (TPSA) is 24.1 Å². The SMILES string of the molecule is C=CC(=C)NCCCCCCCCCCCCCNC(=C)C=C. The molecule has 0 atom stereocenters. The van der Waals surface area contributed by atoms with Crippen LogP contribution >= 0.6 is 0 Å². The Hall–Kier alpha value is -1.44. The van der Waals surface area contributed by atoms with Crippen LogP contribution in [0.3, 0.4) is 0 Å². The lowest BCUT2D eigenvalue weighted by molar-refractivity contribution is 0.540. The Morgan fingerprint density at radius 3 is 1.04 bits per heavy atom. The Morgan fingerprint density at radius 1 is 0.522 bits per heavy atom. The quantitative estimate of drug-likeness (QED) is 0.244. The first kappa shape index (κ1) is 21.6. The Bertz CT molecular complexity index is 299. The van der Waals surface area contributed by atoms with E-state index in [0.717, 1.165) is 24.5 Å². The van der Waals surface area contributed by atoms with Crippen LogP contribution in [0.1, 0.15) is 70.6 Å². The van der Waals surface area contributed by atoms with Gasteiger partial charge in [-0.2, -0.15) is 0 Å². The standard InChI is InChI=1S/C21H38N2/c1-5-20(3)22-18-16-14-12-10-8-7-9-11-13-15-17-19-23-21(4)6-2/h5-6,22-23H,1-4,7-19H2. The smallest absolute Gasteiger partial charge is 0.0261 e. The average molecular weight is 319 g/mol. The van der Waals surface area contributed by atoms with Crippen molar-refractivity contribution < 1.29 is 0 Å². The zero-order chi connectivity index (χ0) is 17.2. The molecule has 0 saturated carbocycles. The molecule has 0 spiro atoms. The summed E-state index contributed by atoms with van der Waals surface area (Å²) in [6.45, 7) is 17.1. The first-order valence-electron chi connectivity index (χ1n) is 9.31. The molecule has 0 bridgehead atoms. The highest BCUT2D eigenvalue weighted by molar-refractivity contribution is 5.08. The summed E-state index contributed by atoms with van der Waals surface area (Å²) in [5.74, 6) is 0. The van der Waals surface area contributed by atoms with Crippen molar-refractivity contribution in [2.75, 3.05) is 13.1 Å². The van der Waals surface area contributed by atoms with E-state index in [0.29, 0.717) is 0 Å². The minimum Gasteiger partial charge on any atom is -0.386 e. The Balaban J connectivity index is 3.08. The van der Waals surface area contributed by atoms with E-state index >= 15 is 0 Å². The van der Waals surface area contributed by atoms with Crippen molar-refractivity contribution in [3.05, 3.63) is 49.9 Å². The van der Waals surface area contributed by atoms with Gasteiger partial charge in [-0.3, -0.25) is 0 Å². The molecule has 23 heavy (non-hydrogen) atoms. The minimum atomic E-state index is 0.936. The summed E-state index contributed by atoms with van der Waals surface area (Å²) >= 11 is 0. The highest BCUT2D eigenvalue weighted by Crippen LogP contribution is 2.11. The molecular formula is C21H38N2. The van der Waals surface area contributed by atoms with E-state index in [9.17, 15) is 0 Å². The first-order chi connectivity index (χ1) is 11.2. The van der Waals surface area contributed by atoms with Crippen molar-refractivity contribution in [2.45, 2.75) is 70.6 Å². The van der Waals surface area contributed by atoms with E-state index in [2.05, 4.69) is 36.9 Å². The highest BCUT2D eigenvalue weighted by Gasteiger charge is 1.94. The molecule has 2 N–H and O–H groups in total. The predicted octanol–water partition coefficient (Wildman–Crippen LogP) is 5.86. The van der Waals surface area contributed by atoms with Crippen molar-refractivity contribution in [1.82, 2.24) is 10.6 Å². The second kappa shape index (κ2) is 16.9. The molecule has 0 aliphatic rings. The van der Waals surface area contributed by atoms with Gasteiger partial charge in [-0.25, -0.2) is 0 Å². The van der Waals surface area contributed by atoms with Crippen molar-refractivity contribution in [2.24, 2.45) is 0 Å². The molecule has 0 fully saturated rings. The summed E-state index contributed by atoms with van der Waals surface area (Å²) in [6.07, 6.45) is 18.3. The first-order valence-corrected chi connectivity index (χ1v) is 9.31. The van der Waals surface area contributed by atoms with Gasteiger partial charge in [-0.1, -0.05) is 84.1 Å². The van der Waals surface area contributed by atoms with Crippen molar-refractivity contribution in [3.8, 4) is 0 Å². The monoisotopic (exact) mass is 318 g/mol. The Kier molecular flexibility index (Phi) is 15.9. The normalized spacial score (nSPS) is 10.1. The van der Waals surface area contributed by atoms with Crippen molar-refractivity contribution >= 4 is 0 Å². The summed E-state index contributed by atoms with van der Waals surface area (Å²) in [5.41, 5.74) is 1.87. The van der Waals surface area contributed by atoms with Gasteiger partial charge in [0.25, 0.3) is 0 Å². The minimum absolute atomic E-state index is 0.936. The molecule has 2 nitrogen and oxygen atoms in total. The average Bonchev–Trinajstić information content (AvgIpc) is 2.57. The van der Waals surface area contributed by atoms with Gasteiger partial charge < -0.3 is 10.6 Å². The van der Waals surface area contributed by atoms with Gasteiger partial charge in [0, 0.05) is 24.5 Å². The lowest BCUT2D eigenvalue weighted by Crippen LogP contribution is -2.11. The lowest BCUT2D eigenvalue weighted by Gasteiger charge is -2.06. The third kappa shape index (κ3) is 16.8. The van der Waals surface area contributed by atoms with Crippen LogP contribution in [-0.4, -0.2) is 13.1 Å². The molecule has 0 saturated heterocycles. The summed E-state index contributed by atoms with van der Waals surface area (Å²) in [5, 5.41) is 6.51. The zero-order valence-electron chi connectivity index (χ0n) is 15.2. The Morgan fingerprint density at radius 2 is 0.783 bits per heavy atom. The largest absolute Gasteiger partial charge is 0.386 e. The van der Waals surface area contributed by atoms with Crippen LogP contribution in [0.4, 0.5) is 0 Å². The molecule has 0 amide bonds. The van der Waals surface area contributed by atoms with E-state index in [1.807, 2.05) is 0 Å². The molecule has 132 valence electrons. The van der Waals surface area contributed by atoms with E-state index in [-0.39, 0.29) is 0 Å². The van der Waals surface area contributed by atoms with Gasteiger partial charge in [-0.05, 0) is 25.0 Å². The fourth-order valence-electron chi connectivity index (χ4n) is 2.48. The van der Waals surface area contributed by atoms with Gasteiger partial charge in [0.1, 0.15) is 0 Å². The molecule has 0 rings (SSSR count). The lowest BCUT2D eigenvalue weighted by atomic mass is 10.1. The summed E-state index contributed by atoms with van der Waals surface area (Å²) in [4.78, 5) is 0. The van der Waals surface area contributed by atoms with Gasteiger partial charge in [-0.15, -0.1) is 0 Å². The van der Waals surface area contributed by atoms with Crippen LogP contribution in [0.15, 0.2) is 49.9 Å². The number of nitrogens with one attached hydrogen (secondary N) is 2. The molecule has 0 aliphatic heterocycles. The van der Waals surface area contributed by atoms with Crippen LogP contribution in [-0.2, 0) is 0 Å². The molecule has 0 aromatic carbocycles. The molecule has 0 aliphatic carbocycles. The van der Waals surface area contributed by atoms with Gasteiger partial charge >= 0.3 is 0 Å². The maximum absolute atomic E-state index is 3.84. The van der Waals surface area contributed by atoms with Crippen LogP contribution < -0.4 is 10.6 Å². The maximum atomic E-state index is 3.84. The molecule has 0 radical (unpaired) electrons. The van der Waals surface area contributed by atoms with Gasteiger partial charge in [0.2, 0.25) is 0 Å². The van der Waals surface area contributed by atoms with E-state index in [1.165, 1.54) is 70.6 Å². The molecular weight excluding hydrogens is 280 g/mol. The van der Waals surface area contributed by atoms with Crippen LogP contribution in [0, 0.1) is 0 Å². The molecule has 0 aromatic rings. The van der Waals surface area contributed by atoms with E-state index in [1.54, 1.807) is 12.2 Å². The third-order valence-electron chi connectivity index (χ3n) is 4.05. The number of allylic oxidation sites excluding steroid dienone is 2. The van der Waals surface area contributed by atoms with Gasteiger partial charge in [0.05, 0.1) is 0 Å². The maximum Gasteiger partial charge on any atom is 0.0261 e. The number of unbranched alkanes of at least 4 members (excludes halogenated alkanes) is 10. The zero-order valence-corrected chi connectivity index (χ0v) is 15.2. The predicted molar refractivity (Wildman–Crippen MR) is 105 cm³/mol. The van der Waals surface area contributed by atoms with Crippen LogP contribution in [0.2, 0.25) is 0 Å². The van der Waals surface area contributed by atoms with Gasteiger partial charge in [0.15, 0.2) is 0 Å². The summed E-state index contributed by atoms with van der Waals surface area (Å²) < 4.78 is 0. The molecule has 0 unspecified atom stereocenters. The summed E-state index contributed by atoms with van der Waals surface area (Å²) in [6, 6.07) is 0. The van der Waals surface area contributed by atoms with E-state index < -0.39 is 0 Å². The molecule has 0 heterocycles. The second-order valence-corrected chi connectivity index (χ2v) is 6.20. The fraction of sp³-hybridized carbons (Fsp3) is 0.619. The number of hydrogen-bond acceptors (Lipinski definition) is 2. The molecule has 0 aromatic heterocycles. The van der Waals surface area contributed by atoms with Crippen molar-refractivity contribution in [1.29, 1.82) is 0 Å². The van der Waals surface area contributed by atoms with Crippen LogP contribution in [0.25, 0.3) is 0 Å². The van der Waals surface area contributed by atoms with Crippen LogP contribution in [0.5, 0.6) is 0 Å². The number of rotatable bonds is 18. The third-order valence-corrected chi connectivity index (χ3v) is 4.05. The fourth-order valence-corrected chi connectivity index (χ4v) is 2.48.